The highest BCUT2D eigenvalue weighted by Crippen LogP contribution is 2.24. The number of nitrogens with one attached hydrogen (secondary N) is 2. The molecule has 0 radical (unpaired) electrons. The van der Waals surface area contributed by atoms with E-state index in [2.05, 4.69) is 38.6 Å². The maximum Gasteiger partial charge on any atom is 0.251 e. The molecule has 0 unspecified atom stereocenters. The third-order valence-corrected chi connectivity index (χ3v) is 5.05. The number of halogens is 1. The second kappa shape index (κ2) is 7.84. The van der Waals surface area contributed by atoms with E-state index in [9.17, 15) is 4.79 Å². The van der Waals surface area contributed by atoms with Gasteiger partial charge in [0.05, 0.1) is 5.69 Å². The van der Waals surface area contributed by atoms with E-state index in [4.69, 9.17) is 11.6 Å². The fourth-order valence-corrected chi connectivity index (χ4v) is 3.63. The van der Waals surface area contributed by atoms with Crippen LogP contribution in [0.5, 0.6) is 0 Å². The molecule has 3 aromatic rings. The smallest absolute Gasteiger partial charge is 0.251 e. The molecular weight excluding hydrogens is 360 g/mol. The Morgan fingerprint density at radius 1 is 1.15 bits per heavy atom. The molecule has 5 nitrogen and oxygen atoms in total. The highest BCUT2D eigenvalue weighted by molar-refractivity contribution is 6.30. The van der Waals surface area contributed by atoms with Gasteiger partial charge < -0.3 is 10.2 Å². The van der Waals surface area contributed by atoms with Crippen molar-refractivity contribution in [3.8, 4) is 11.3 Å². The number of nitrogens with zero attached hydrogens (tertiary/aromatic N) is 2. The predicted molar refractivity (Wildman–Crippen MR) is 108 cm³/mol. The number of H-pyrrole nitrogens is 1. The van der Waals surface area contributed by atoms with Gasteiger partial charge in [-0.05, 0) is 36.6 Å². The Labute approximate surface area is 163 Å². The van der Waals surface area contributed by atoms with E-state index in [0.717, 1.165) is 43.0 Å². The first-order valence-corrected chi connectivity index (χ1v) is 9.49. The minimum absolute atomic E-state index is 0.0853. The summed E-state index contributed by atoms with van der Waals surface area (Å²) in [6, 6.07) is 19.3. The summed E-state index contributed by atoms with van der Waals surface area (Å²) in [6.45, 7) is 1.67. The first-order valence-electron chi connectivity index (χ1n) is 9.11. The predicted octanol–water partition coefficient (Wildman–Crippen LogP) is 4.13. The Morgan fingerprint density at radius 2 is 2.00 bits per heavy atom. The molecule has 0 bridgehead atoms. The number of anilines is 1. The normalized spacial score (nSPS) is 16.9. The van der Waals surface area contributed by atoms with Crippen LogP contribution in [0, 0.1) is 0 Å². The lowest BCUT2D eigenvalue weighted by atomic mass is 10.0. The van der Waals surface area contributed by atoms with Crippen LogP contribution in [0.15, 0.2) is 60.7 Å². The number of benzene rings is 2. The van der Waals surface area contributed by atoms with Crippen LogP contribution in [-0.4, -0.2) is 35.2 Å². The Balaban J connectivity index is 1.42. The largest absolute Gasteiger partial charge is 0.353 e. The van der Waals surface area contributed by atoms with Crippen molar-refractivity contribution in [2.75, 3.05) is 18.0 Å². The van der Waals surface area contributed by atoms with E-state index in [1.54, 1.807) is 24.3 Å². The van der Waals surface area contributed by atoms with Crippen LogP contribution in [-0.2, 0) is 0 Å². The number of carbonyl (C=O) groups excluding carboxylic acids is 1. The standard InChI is InChI=1S/C21H21ClN4O/c22-17-9-4-8-16(12-17)21(27)23-18-10-5-11-26(14-18)20-13-19(24-25-20)15-6-2-1-3-7-15/h1-4,6-9,12-13,18H,5,10-11,14H2,(H,23,27)(H,24,25)/t18-/m0/s1. The Kier molecular flexibility index (Phi) is 5.12. The van der Waals surface area contributed by atoms with Gasteiger partial charge in [0, 0.05) is 35.8 Å². The van der Waals surface area contributed by atoms with Crippen molar-refractivity contribution in [2.24, 2.45) is 0 Å². The van der Waals surface area contributed by atoms with Crippen molar-refractivity contribution in [2.45, 2.75) is 18.9 Å². The van der Waals surface area contributed by atoms with Crippen LogP contribution < -0.4 is 10.2 Å². The molecule has 4 rings (SSSR count). The minimum atomic E-state index is -0.0867. The van der Waals surface area contributed by atoms with E-state index in [-0.39, 0.29) is 11.9 Å². The molecule has 1 aliphatic rings. The summed E-state index contributed by atoms with van der Waals surface area (Å²) in [7, 11) is 0. The Morgan fingerprint density at radius 3 is 2.81 bits per heavy atom. The molecule has 1 fully saturated rings. The Hall–Kier alpha value is -2.79. The van der Waals surface area contributed by atoms with Crippen LogP contribution in [0.1, 0.15) is 23.2 Å². The van der Waals surface area contributed by atoms with Gasteiger partial charge in [-0.1, -0.05) is 48.0 Å². The first-order chi connectivity index (χ1) is 13.2. The molecule has 1 atom stereocenters. The van der Waals surface area contributed by atoms with E-state index in [0.29, 0.717) is 10.6 Å². The number of hydrogen-bond donors (Lipinski definition) is 2. The number of rotatable bonds is 4. The Bertz CT molecular complexity index is 925. The van der Waals surface area contributed by atoms with Crippen LogP contribution in [0.2, 0.25) is 5.02 Å². The first kappa shape index (κ1) is 17.6. The van der Waals surface area contributed by atoms with Crippen LogP contribution in [0.25, 0.3) is 11.3 Å². The average Bonchev–Trinajstić information content (AvgIpc) is 3.19. The fraction of sp³-hybridized carbons (Fsp3) is 0.238. The average molecular weight is 381 g/mol. The zero-order chi connectivity index (χ0) is 18.6. The molecule has 6 heteroatoms. The molecule has 138 valence electrons. The van der Waals surface area contributed by atoms with Gasteiger partial charge in [0.15, 0.2) is 5.82 Å². The number of aromatic nitrogens is 2. The summed E-state index contributed by atoms with van der Waals surface area (Å²) < 4.78 is 0. The molecule has 27 heavy (non-hydrogen) atoms. The van der Waals surface area contributed by atoms with Crippen LogP contribution in [0.4, 0.5) is 5.82 Å². The zero-order valence-electron chi connectivity index (χ0n) is 14.9. The molecule has 1 saturated heterocycles. The van der Waals surface area contributed by atoms with Crippen molar-refractivity contribution < 1.29 is 4.79 Å². The minimum Gasteiger partial charge on any atom is -0.353 e. The quantitative estimate of drug-likeness (QED) is 0.715. The summed E-state index contributed by atoms with van der Waals surface area (Å²) in [5, 5.41) is 11.3. The zero-order valence-corrected chi connectivity index (χ0v) is 15.6. The third-order valence-electron chi connectivity index (χ3n) is 4.82. The highest BCUT2D eigenvalue weighted by atomic mass is 35.5. The molecule has 2 heterocycles. The third kappa shape index (κ3) is 4.14. The number of carbonyl (C=O) groups is 1. The number of aromatic amines is 1. The van der Waals surface area contributed by atoms with Crippen molar-refractivity contribution in [1.82, 2.24) is 15.5 Å². The van der Waals surface area contributed by atoms with E-state index >= 15 is 0 Å². The van der Waals surface area contributed by atoms with Crippen molar-refractivity contribution in [3.63, 3.8) is 0 Å². The maximum absolute atomic E-state index is 12.5. The SMILES string of the molecule is O=C(N[C@H]1CCCN(c2cc(-c3ccccc3)[nH]n2)C1)c1cccc(Cl)c1. The van der Waals surface area contributed by atoms with Crippen LogP contribution >= 0.6 is 11.6 Å². The number of amides is 1. The lowest BCUT2D eigenvalue weighted by molar-refractivity contribution is 0.0933. The van der Waals surface area contributed by atoms with Gasteiger partial charge in [-0.15, -0.1) is 0 Å². The molecular formula is C21H21ClN4O. The van der Waals surface area contributed by atoms with E-state index in [1.807, 2.05) is 18.2 Å². The summed E-state index contributed by atoms with van der Waals surface area (Å²) in [4.78, 5) is 14.7. The summed E-state index contributed by atoms with van der Waals surface area (Å²) in [5.74, 6) is 0.826. The lowest BCUT2D eigenvalue weighted by Crippen LogP contribution is -2.48. The lowest BCUT2D eigenvalue weighted by Gasteiger charge is -2.33. The van der Waals surface area contributed by atoms with E-state index in [1.165, 1.54) is 0 Å². The van der Waals surface area contributed by atoms with E-state index < -0.39 is 0 Å². The topological polar surface area (TPSA) is 61.0 Å². The molecule has 0 aliphatic carbocycles. The second-order valence-corrected chi connectivity index (χ2v) is 7.21. The van der Waals surface area contributed by atoms with Gasteiger partial charge >= 0.3 is 0 Å². The molecule has 0 saturated carbocycles. The molecule has 1 aromatic heterocycles. The molecule has 1 amide bonds. The van der Waals surface area contributed by atoms with Crippen LogP contribution in [0.3, 0.4) is 0 Å². The number of piperidine rings is 1. The van der Waals surface area contributed by atoms with Gasteiger partial charge in [0.2, 0.25) is 0 Å². The van der Waals surface area contributed by atoms with Crippen molar-refractivity contribution in [3.05, 3.63) is 71.2 Å². The van der Waals surface area contributed by atoms with Crippen molar-refractivity contribution in [1.29, 1.82) is 0 Å². The summed E-state index contributed by atoms with van der Waals surface area (Å²) in [5.41, 5.74) is 2.69. The maximum atomic E-state index is 12.5. The van der Waals surface area contributed by atoms with Crippen molar-refractivity contribution >= 4 is 23.3 Å². The molecule has 1 aliphatic heterocycles. The van der Waals surface area contributed by atoms with Gasteiger partial charge in [-0.25, -0.2) is 0 Å². The molecule has 0 spiro atoms. The summed E-state index contributed by atoms with van der Waals surface area (Å²) in [6.07, 6.45) is 1.97. The number of hydrogen-bond acceptors (Lipinski definition) is 3. The monoisotopic (exact) mass is 380 g/mol. The van der Waals surface area contributed by atoms with Gasteiger partial charge in [0.1, 0.15) is 0 Å². The van der Waals surface area contributed by atoms with Gasteiger partial charge in [-0.3, -0.25) is 9.89 Å². The fourth-order valence-electron chi connectivity index (χ4n) is 3.44. The summed E-state index contributed by atoms with van der Waals surface area (Å²) >= 11 is 5.99. The highest BCUT2D eigenvalue weighted by Gasteiger charge is 2.23. The second-order valence-electron chi connectivity index (χ2n) is 6.77. The van der Waals surface area contributed by atoms with Gasteiger partial charge in [0.25, 0.3) is 5.91 Å². The molecule has 2 N–H and O–H groups in total. The van der Waals surface area contributed by atoms with Gasteiger partial charge in [-0.2, -0.15) is 5.10 Å². The molecule has 2 aromatic carbocycles.